The quantitative estimate of drug-likeness (QED) is 0.220. The lowest BCUT2D eigenvalue weighted by molar-refractivity contribution is 0.104. The number of ketones is 1. The molecule has 4 nitrogen and oxygen atoms in total. The van der Waals surface area contributed by atoms with Gasteiger partial charge in [-0.1, -0.05) is 60.7 Å². The SMILES string of the molecule is CCn1c(-c2ccccc2)c(C(=O)C(C#N)=Cc2cccc(OC)c2)c2ccccc21. The normalized spacial score (nSPS) is 11.3. The monoisotopic (exact) mass is 406 g/mol. The van der Waals surface area contributed by atoms with Gasteiger partial charge in [0, 0.05) is 17.4 Å². The number of aryl methyl sites for hydroxylation is 1. The predicted molar refractivity (Wildman–Crippen MR) is 124 cm³/mol. The standard InChI is InChI=1S/C27H22N2O2/c1-3-29-24-15-8-7-14-23(24)25(26(29)20-11-5-4-6-12-20)27(30)21(18-28)16-19-10-9-13-22(17-19)31-2/h4-17H,3H2,1-2H3. The molecule has 4 heteroatoms. The van der Waals surface area contributed by atoms with Gasteiger partial charge in [-0.25, -0.2) is 0 Å². The molecular weight excluding hydrogens is 384 g/mol. The number of hydrogen-bond acceptors (Lipinski definition) is 3. The first kappa shape index (κ1) is 20.2. The molecule has 31 heavy (non-hydrogen) atoms. The molecule has 152 valence electrons. The number of benzene rings is 3. The zero-order chi connectivity index (χ0) is 21.8. The summed E-state index contributed by atoms with van der Waals surface area (Å²) in [4.78, 5) is 13.7. The molecule has 0 saturated heterocycles. The minimum atomic E-state index is -0.285. The van der Waals surface area contributed by atoms with Crippen LogP contribution in [0.15, 0.2) is 84.4 Å². The lowest BCUT2D eigenvalue weighted by Crippen LogP contribution is -2.05. The molecule has 4 rings (SSSR count). The number of methoxy groups -OCH3 is 1. The van der Waals surface area contributed by atoms with Gasteiger partial charge in [0.1, 0.15) is 17.4 Å². The van der Waals surface area contributed by atoms with Crippen molar-refractivity contribution in [3.63, 3.8) is 0 Å². The lowest BCUT2D eigenvalue weighted by atomic mass is 9.96. The number of aromatic nitrogens is 1. The molecule has 0 aliphatic rings. The van der Waals surface area contributed by atoms with Crippen LogP contribution in [0.2, 0.25) is 0 Å². The number of hydrogen-bond donors (Lipinski definition) is 0. The number of nitriles is 1. The minimum Gasteiger partial charge on any atom is -0.497 e. The van der Waals surface area contributed by atoms with Crippen LogP contribution in [0.3, 0.4) is 0 Å². The molecule has 0 unspecified atom stereocenters. The highest BCUT2D eigenvalue weighted by Gasteiger charge is 2.25. The van der Waals surface area contributed by atoms with Crippen LogP contribution in [0.5, 0.6) is 5.75 Å². The highest BCUT2D eigenvalue weighted by atomic mass is 16.5. The molecule has 4 aromatic rings. The van der Waals surface area contributed by atoms with Crippen molar-refractivity contribution in [3.8, 4) is 23.1 Å². The maximum Gasteiger partial charge on any atom is 0.206 e. The Labute approximate surface area is 181 Å². The van der Waals surface area contributed by atoms with Crippen LogP contribution in [0, 0.1) is 11.3 Å². The number of rotatable bonds is 6. The molecule has 3 aromatic carbocycles. The van der Waals surface area contributed by atoms with E-state index in [0.717, 1.165) is 27.7 Å². The van der Waals surface area contributed by atoms with E-state index in [1.165, 1.54) is 0 Å². The summed E-state index contributed by atoms with van der Waals surface area (Å²) in [7, 11) is 1.59. The summed E-state index contributed by atoms with van der Waals surface area (Å²) in [5.41, 5.74) is 4.14. The van der Waals surface area contributed by atoms with Crippen molar-refractivity contribution in [2.45, 2.75) is 13.5 Å². The summed E-state index contributed by atoms with van der Waals surface area (Å²) in [5, 5.41) is 10.7. The molecule has 1 aromatic heterocycles. The number of fused-ring (bicyclic) bond motifs is 1. The number of carbonyl (C=O) groups excluding carboxylic acids is 1. The second-order valence-electron chi connectivity index (χ2n) is 7.13. The molecule has 0 bridgehead atoms. The Morgan fingerprint density at radius 3 is 2.48 bits per heavy atom. The van der Waals surface area contributed by atoms with E-state index in [0.29, 0.717) is 17.9 Å². The van der Waals surface area contributed by atoms with E-state index < -0.39 is 0 Å². The number of nitrogens with zero attached hydrogens (tertiary/aromatic N) is 2. The Kier molecular flexibility index (Phi) is 5.68. The molecule has 0 aliphatic carbocycles. The Hall–Kier alpha value is -4.10. The van der Waals surface area contributed by atoms with Gasteiger partial charge in [-0.3, -0.25) is 4.79 Å². The second-order valence-corrected chi connectivity index (χ2v) is 7.13. The smallest absolute Gasteiger partial charge is 0.206 e. The molecule has 0 N–H and O–H groups in total. The number of para-hydroxylation sites is 1. The van der Waals surface area contributed by atoms with Crippen molar-refractivity contribution in [3.05, 3.63) is 95.6 Å². The summed E-state index contributed by atoms with van der Waals surface area (Å²) >= 11 is 0. The topological polar surface area (TPSA) is 55.0 Å². The van der Waals surface area contributed by atoms with Crippen LogP contribution in [-0.4, -0.2) is 17.5 Å². The molecule has 1 heterocycles. The predicted octanol–water partition coefficient (Wildman–Crippen LogP) is 6.13. The van der Waals surface area contributed by atoms with Gasteiger partial charge >= 0.3 is 0 Å². The van der Waals surface area contributed by atoms with Gasteiger partial charge in [-0.2, -0.15) is 5.26 Å². The fourth-order valence-electron chi connectivity index (χ4n) is 3.94. The van der Waals surface area contributed by atoms with Gasteiger partial charge in [0.05, 0.1) is 18.4 Å². The summed E-state index contributed by atoms with van der Waals surface area (Å²) < 4.78 is 7.40. The van der Waals surface area contributed by atoms with E-state index in [2.05, 4.69) is 17.6 Å². The first-order valence-electron chi connectivity index (χ1n) is 10.1. The van der Waals surface area contributed by atoms with E-state index in [1.807, 2.05) is 72.8 Å². The highest BCUT2D eigenvalue weighted by molar-refractivity contribution is 6.23. The molecule has 0 amide bonds. The highest BCUT2D eigenvalue weighted by Crippen LogP contribution is 2.35. The van der Waals surface area contributed by atoms with Gasteiger partial charge in [-0.05, 0) is 42.3 Å². The van der Waals surface area contributed by atoms with Gasteiger partial charge in [0.15, 0.2) is 0 Å². The second kappa shape index (κ2) is 8.73. The van der Waals surface area contributed by atoms with Crippen LogP contribution < -0.4 is 4.74 Å². The fourth-order valence-corrected chi connectivity index (χ4v) is 3.94. The molecular formula is C27H22N2O2. The average molecular weight is 406 g/mol. The Morgan fingerprint density at radius 2 is 1.77 bits per heavy atom. The molecule has 0 atom stereocenters. The van der Waals surface area contributed by atoms with Crippen LogP contribution >= 0.6 is 0 Å². The third-order valence-electron chi connectivity index (χ3n) is 5.33. The van der Waals surface area contributed by atoms with Gasteiger partial charge < -0.3 is 9.30 Å². The van der Waals surface area contributed by atoms with Crippen LogP contribution in [0.1, 0.15) is 22.8 Å². The maximum atomic E-state index is 13.7. The Morgan fingerprint density at radius 1 is 1.03 bits per heavy atom. The molecule has 0 saturated carbocycles. The number of allylic oxidation sites excluding steroid dienone is 1. The lowest BCUT2D eigenvalue weighted by Gasteiger charge is -2.10. The molecule has 0 aliphatic heterocycles. The zero-order valence-corrected chi connectivity index (χ0v) is 17.5. The van der Waals surface area contributed by atoms with Crippen molar-refractivity contribution < 1.29 is 9.53 Å². The maximum absolute atomic E-state index is 13.7. The van der Waals surface area contributed by atoms with Gasteiger partial charge in [0.2, 0.25) is 5.78 Å². The number of Topliss-reactive ketones (excluding diaryl/α,β-unsaturated/α-hetero) is 1. The van der Waals surface area contributed by atoms with E-state index in [1.54, 1.807) is 19.3 Å². The molecule has 0 fully saturated rings. The van der Waals surface area contributed by atoms with Gasteiger partial charge in [0.25, 0.3) is 0 Å². The average Bonchev–Trinajstić information content (AvgIpc) is 3.17. The fraction of sp³-hybridized carbons (Fsp3) is 0.111. The third kappa shape index (κ3) is 3.74. The van der Waals surface area contributed by atoms with Crippen LogP contribution in [-0.2, 0) is 6.54 Å². The van der Waals surface area contributed by atoms with Gasteiger partial charge in [-0.15, -0.1) is 0 Å². The van der Waals surface area contributed by atoms with Crippen molar-refractivity contribution in [1.29, 1.82) is 5.26 Å². The van der Waals surface area contributed by atoms with E-state index in [9.17, 15) is 10.1 Å². The molecule has 0 spiro atoms. The summed E-state index contributed by atoms with van der Waals surface area (Å²) in [6.45, 7) is 2.77. The van der Waals surface area contributed by atoms with E-state index >= 15 is 0 Å². The Balaban J connectivity index is 1.95. The summed E-state index contributed by atoms with van der Waals surface area (Å²) in [5.74, 6) is 0.388. The zero-order valence-electron chi connectivity index (χ0n) is 17.5. The van der Waals surface area contributed by atoms with Crippen molar-refractivity contribution in [1.82, 2.24) is 4.57 Å². The number of ether oxygens (including phenoxy) is 1. The number of carbonyl (C=O) groups is 1. The third-order valence-corrected chi connectivity index (χ3v) is 5.33. The van der Waals surface area contributed by atoms with Crippen LogP contribution in [0.25, 0.3) is 28.2 Å². The van der Waals surface area contributed by atoms with E-state index in [-0.39, 0.29) is 11.4 Å². The Bertz CT molecular complexity index is 1320. The minimum absolute atomic E-state index is 0.0874. The van der Waals surface area contributed by atoms with Crippen molar-refractivity contribution in [2.24, 2.45) is 0 Å². The van der Waals surface area contributed by atoms with Crippen molar-refractivity contribution >= 4 is 22.8 Å². The first-order valence-corrected chi connectivity index (χ1v) is 10.1. The molecule has 0 radical (unpaired) electrons. The van der Waals surface area contributed by atoms with E-state index in [4.69, 9.17) is 4.74 Å². The van der Waals surface area contributed by atoms with Crippen molar-refractivity contribution in [2.75, 3.05) is 7.11 Å². The van der Waals surface area contributed by atoms with Crippen LogP contribution in [0.4, 0.5) is 0 Å². The first-order chi connectivity index (χ1) is 15.2. The largest absolute Gasteiger partial charge is 0.497 e. The summed E-state index contributed by atoms with van der Waals surface area (Å²) in [6, 6.07) is 27.1. The summed E-state index contributed by atoms with van der Waals surface area (Å²) in [6.07, 6.45) is 1.62.